The van der Waals surface area contributed by atoms with E-state index in [0.29, 0.717) is 6.07 Å². The molecule has 0 saturated heterocycles. The minimum absolute atomic E-state index is 0.0602. The van der Waals surface area contributed by atoms with Gasteiger partial charge in [0.2, 0.25) is 10.0 Å². The van der Waals surface area contributed by atoms with E-state index in [1.54, 1.807) is 6.92 Å². The van der Waals surface area contributed by atoms with Crippen molar-refractivity contribution in [2.75, 3.05) is 4.72 Å². The molecule has 4 nitrogen and oxygen atoms in total. The molecule has 1 atom stereocenters. The summed E-state index contributed by atoms with van der Waals surface area (Å²) >= 11 is 7.50. The van der Waals surface area contributed by atoms with Crippen molar-refractivity contribution in [1.82, 2.24) is 0 Å². The van der Waals surface area contributed by atoms with E-state index in [0.717, 1.165) is 6.07 Å². The standard InChI is InChI=1S/C10H11BrF2N2O2S2/c1-2-9(10(14)18)19(16,17)15-8-3-5(11)6(12)4-7(8)13/h3-4,9,15H,2H2,1H3,(H2,14,18). The normalized spacial score (nSPS) is 13.1. The predicted octanol–water partition coefficient (Wildman–Crippen LogP) is 2.53. The van der Waals surface area contributed by atoms with Crippen LogP contribution in [0.3, 0.4) is 0 Å². The molecule has 0 fully saturated rings. The van der Waals surface area contributed by atoms with Crippen LogP contribution >= 0.6 is 28.1 Å². The maximum Gasteiger partial charge on any atom is 0.242 e. The molecule has 0 aliphatic rings. The van der Waals surface area contributed by atoms with Gasteiger partial charge in [-0.05, 0) is 28.4 Å². The first-order valence-corrected chi connectivity index (χ1v) is 7.89. The number of benzene rings is 1. The Morgan fingerprint density at radius 2 is 2.05 bits per heavy atom. The topological polar surface area (TPSA) is 72.2 Å². The number of nitrogens with two attached hydrogens (primary N) is 1. The van der Waals surface area contributed by atoms with E-state index in [1.165, 1.54) is 0 Å². The molecule has 1 unspecified atom stereocenters. The van der Waals surface area contributed by atoms with Gasteiger partial charge in [0.25, 0.3) is 0 Å². The van der Waals surface area contributed by atoms with Crippen LogP contribution in [0.2, 0.25) is 0 Å². The van der Waals surface area contributed by atoms with Crippen LogP contribution in [0.25, 0.3) is 0 Å². The summed E-state index contributed by atoms with van der Waals surface area (Å²) in [5.41, 5.74) is 4.96. The summed E-state index contributed by atoms with van der Waals surface area (Å²) in [6, 6.07) is 1.57. The number of rotatable bonds is 5. The zero-order chi connectivity index (χ0) is 14.8. The number of nitrogens with one attached hydrogen (secondary N) is 1. The molecule has 0 saturated carbocycles. The third kappa shape index (κ3) is 3.83. The fourth-order valence-electron chi connectivity index (χ4n) is 1.40. The van der Waals surface area contributed by atoms with Gasteiger partial charge in [-0.2, -0.15) is 0 Å². The number of hydrogen-bond acceptors (Lipinski definition) is 3. The third-order valence-corrected chi connectivity index (χ3v) is 5.21. The van der Waals surface area contributed by atoms with Crippen molar-refractivity contribution in [2.45, 2.75) is 18.6 Å². The van der Waals surface area contributed by atoms with Crippen LogP contribution in [-0.2, 0) is 10.0 Å². The molecule has 0 aliphatic heterocycles. The Morgan fingerprint density at radius 3 is 2.53 bits per heavy atom. The van der Waals surface area contributed by atoms with Gasteiger partial charge in [-0.3, -0.25) is 4.72 Å². The van der Waals surface area contributed by atoms with Gasteiger partial charge >= 0.3 is 0 Å². The highest BCUT2D eigenvalue weighted by Gasteiger charge is 2.27. The monoisotopic (exact) mass is 372 g/mol. The minimum atomic E-state index is -3.98. The number of halogens is 3. The van der Waals surface area contributed by atoms with E-state index in [-0.39, 0.29) is 21.6 Å². The SMILES string of the molecule is CCC(C(N)=S)S(=O)(=O)Nc1cc(Br)c(F)cc1F. The lowest BCUT2D eigenvalue weighted by Crippen LogP contribution is -2.37. The van der Waals surface area contributed by atoms with E-state index in [1.807, 2.05) is 4.72 Å². The molecule has 0 bridgehead atoms. The minimum Gasteiger partial charge on any atom is -0.392 e. The Balaban J connectivity index is 3.15. The zero-order valence-corrected chi connectivity index (χ0v) is 13.0. The maximum atomic E-state index is 13.5. The lowest BCUT2D eigenvalue weighted by Gasteiger charge is -2.16. The highest BCUT2D eigenvalue weighted by molar-refractivity contribution is 9.10. The smallest absolute Gasteiger partial charge is 0.242 e. The van der Waals surface area contributed by atoms with Crippen LogP contribution in [-0.4, -0.2) is 18.7 Å². The van der Waals surface area contributed by atoms with Crippen molar-refractivity contribution in [3.05, 3.63) is 28.2 Å². The molecule has 1 aromatic rings. The summed E-state index contributed by atoms with van der Waals surface area (Å²) in [5.74, 6) is -1.86. The Kier molecular flexibility index (Phi) is 5.22. The van der Waals surface area contributed by atoms with Crippen LogP contribution < -0.4 is 10.5 Å². The Morgan fingerprint density at radius 1 is 1.47 bits per heavy atom. The summed E-state index contributed by atoms with van der Waals surface area (Å²) < 4.78 is 52.4. The molecule has 19 heavy (non-hydrogen) atoms. The first kappa shape index (κ1) is 16.3. The van der Waals surface area contributed by atoms with Crippen molar-refractivity contribution >= 4 is 48.8 Å². The molecule has 1 aromatic carbocycles. The van der Waals surface area contributed by atoms with Gasteiger partial charge in [0, 0.05) is 6.07 Å². The maximum absolute atomic E-state index is 13.5. The molecule has 0 radical (unpaired) electrons. The number of sulfonamides is 1. The molecule has 0 heterocycles. The van der Waals surface area contributed by atoms with Crippen LogP contribution in [0.1, 0.15) is 13.3 Å². The summed E-state index contributed by atoms with van der Waals surface area (Å²) in [6.45, 7) is 1.58. The molecule has 106 valence electrons. The van der Waals surface area contributed by atoms with Crippen molar-refractivity contribution in [3.8, 4) is 0 Å². The molecule has 3 N–H and O–H groups in total. The Labute approximate surface area is 123 Å². The quantitative estimate of drug-likeness (QED) is 0.615. The van der Waals surface area contributed by atoms with Gasteiger partial charge < -0.3 is 5.73 Å². The molecule has 0 aliphatic carbocycles. The molecule has 9 heteroatoms. The predicted molar refractivity (Wildman–Crippen MR) is 77.5 cm³/mol. The van der Waals surface area contributed by atoms with Crippen LogP contribution in [0, 0.1) is 11.6 Å². The summed E-state index contributed by atoms with van der Waals surface area (Å²) in [6.07, 6.45) is 0.147. The summed E-state index contributed by atoms with van der Waals surface area (Å²) in [5, 5.41) is -1.12. The van der Waals surface area contributed by atoms with E-state index in [4.69, 9.17) is 5.73 Å². The third-order valence-electron chi connectivity index (χ3n) is 2.32. The Bertz CT molecular complexity index is 608. The van der Waals surface area contributed by atoms with Crippen molar-refractivity contribution in [3.63, 3.8) is 0 Å². The average molecular weight is 373 g/mol. The highest BCUT2D eigenvalue weighted by Crippen LogP contribution is 2.25. The van der Waals surface area contributed by atoms with E-state index in [9.17, 15) is 17.2 Å². The lowest BCUT2D eigenvalue weighted by molar-refractivity contribution is 0.578. The Hall–Kier alpha value is -0.800. The second-order valence-electron chi connectivity index (χ2n) is 3.69. The largest absolute Gasteiger partial charge is 0.392 e. The van der Waals surface area contributed by atoms with Crippen LogP contribution in [0.15, 0.2) is 16.6 Å². The first-order valence-electron chi connectivity index (χ1n) is 5.14. The number of anilines is 1. The fraction of sp³-hybridized carbons (Fsp3) is 0.300. The number of hydrogen-bond donors (Lipinski definition) is 2. The second kappa shape index (κ2) is 6.10. The number of thiocarbonyl (C=S) groups is 1. The fourth-order valence-corrected chi connectivity index (χ4v) is 3.64. The van der Waals surface area contributed by atoms with E-state index in [2.05, 4.69) is 28.1 Å². The van der Waals surface area contributed by atoms with Crippen LogP contribution in [0.5, 0.6) is 0 Å². The molecule has 0 amide bonds. The van der Waals surface area contributed by atoms with Crippen LogP contribution in [0.4, 0.5) is 14.5 Å². The first-order chi connectivity index (χ1) is 8.69. The molecular weight excluding hydrogens is 362 g/mol. The lowest BCUT2D eigenvalue weighted by atomic mass is 10.3. The average Bonchev–Trinajstić information content (AvgIpc) is 2.25. The summed E-state index contributed by atoms with van der Waals surface area (Å²) in [7, 11) is -3.98. The molecule has 0 spiro atoms. The van der Waals surface area contributed by atoms with Crippen molar-refractivity contribution < 1.29 is 17.2 Å². The molecular formula is C10H11BrF2N2O2S2. The zero-order valence-electron chi connectivity index (χ0n) is 9.78. The van der Waals surface area contributed by atoms with Crippen molar-refractivity contribution in [2.24, 2.45) is 5.73 Å². The van der Waals surface area contributed by atoms with Crippen molar-refractivity contribution in [1.29, 1.82) is 0 Å². The van der Waals surface area contributed by atoms with Gasteiger partial charge in [-0.1, -0.05) is 19.1 Å². The van der Waals surface area contributed by atoms with Gasteiger partial charge in [0.15, 0.2) is 0 Å². The van der Waals surface area contributed by atoms with Gasteiger partial charge in [-0.15, -0.1) is 0 Å². The van der Waals surface area contributed by atoms with Gasteiger partial charge in [0.1, 0.15) is 16.9 Å². The molecule has 1 rings (SSSR count). The second-order valence-corrected chi connectivity index (χ2v) is 6.88. The van der Waals surface area contributed by atoms with E-state index >= 15 is 0 Å². The molecule has 0 aromatic heterocycles. The highest BCUT2D eigenvalue weighted by atomic mass is 79.9. The van der Waals surface area contributed by atoms with Gasteiger partial charge in [0.05, 0.1) is 15.1 Å². The van der Waals surface area contributed by atoms with E-state index < -0.39 is 26.9 Å². The van der Waals surface area contributed by atoms with Gasteiger partial charge in [-0.25, -0.2) is 17.2 Å². The summed E-state index contributed by atoms with van der Waals surface area (Å²) in [4.78, 5) is -0.211.